The van der Waals surface area contributed by atoms with Crippen LogP contribution in [0.2, 0.25) is 0 Å². The Morgan fingerprint density at radius 3 is 2.44 bits per heavy atom. The number of hydrogen-bond donors (Lipinski definition) is 1. The molecule has 2 aromatic carbocycles. The molecule has 0 atom stereocenters. The second-order valence-electron chi connectivity index (χ2n) is 6.57. The number of carboxylic acid groups (broad SMARTS) is 1. The highest BCUT2D eigenvalue weighted by atomic mass is 32.2. The molecule has 1 fully saturated rings. The van der Waals surface area contributed by atoms with Crippen molar-refractivity contribution in [2.45, 2.75) is 5.75 Å². The van der Waals surface area contributed by atoms with Crippen LogP contribution in [0.15, 0.2) is 42.5 Å². The SMILES string of the molecule is O=C(O)N1CCN(C(=O)CSCc2ccc3sc4ccccc4c3c2)CC1. The summed E-state index contributed by atoms with van der Waals surface area (Å²) in [5.74, 6) is 1.31. The van der Waals surface area contributed by atoms with E-state index in [2.05, 4.69) is 42.5 Å². The summed E-state index contributed by atoms with van der Waals surface area (Å²) in [5, 5.41) is 11.5. The average Bonchev–Trinajstić information content (AvgIpc) is 3.06. The first-order valence-electron chi connectivity index (χ1n) is 8.85. The molecule has 1 aliphatic rings. The zero-order valence-electron chi connectivity index (χ0n) is 14.8. The van der Waals surface area contributed by atoms with E-state index in [1.54, 1.807) is 28.0 Å². The predicted molar refractivity (Wildman–Crippen MR) is 112 cm³/mol. The van der Waals surface area contributed by atoms with E-state index in [1.807, 2.05) is 0 Å². The first-order valence-corrected chi connectivity index (χ1v) is 10.8. The minimum atomic E-state index is -0.909. The van der Waals surface area contributed by atoms with Crippen molar-refractivity contribution in [3.8, 4) is 0 Å². The number of benzene rings is 2. The lowest BCUT2D eigenvalue weighted by Gasteiger charge is -2.33. The molecule has 4 rings (SSSR count). The van der Waals surface area contributed by atoms with Gasteiger partial charge in [-0.25, -0.2) is 4.79 Å². The number of thioether (sulfide) groups is 1. The van der Waals surface area contributed by atoms with E-state index in [1.165, 1.54) is 30.6 Å². The van der Waals surface area contributed by atoms with Gasteiger partial charge in [-0.2, -0.15) is 0 Å². The van der Waals surface area contributed by atoms with Crippen LogP contribution < -0.4 is 0 Å². The standard InChI is InChI=1S/C20H20N2O3S2/c23-19(21-7-9-22(10-8-21)20(24)25)13-26-12-14-5-6-18-16(11-14)15-3-1-2-4-17(15)27-18/h1-6,11H,7-10,12-13H2,(H,24,25). The molecule has 0 spiro atoms. The lowest BCUT2D eigenvalue weighted by Crippen LogP contribution is -2.50. The number of fused-ring (bicyclic) bond motifs is 3. The van der Waals surface area contributed by atoms with Crippen LogP contribution in [-0.2, 0) is 10.5 Å². The maximum atomic E-state index is 12.4. The second kappa shape index (κ2) is 7.78. The summed E-state index contributed by atoms with van der Waals surface area (Å²) >= 11 is 3.42. The molecule has 7 heteroatoms. The third-order valence-electron chi connectivity index (χ3n) is 4.84. The van der Waals surface area contributed by atoms with E-state index >= 15 is 0 Å². The van der Waals surface area contributed by atoms with Crippen LogP contribution >= 0.6 is 23.1 Å². The first kappa shape index (κ1) is 18.1. The van der Waals surface area contributed by atoms with Crippen LogP contribution in [0.5, 0.6) is 0 Å². The molecule has 27 heavy (non-hydrogen) atoms. The Hall–Kier alpha value is -2.25. The number of carbonyl (C=O) groups excluding carboxylic acids is 1. The van der Waals surface area contributed by atoms with Crippen molar-refractivity contribution in [3.05, 3.63) is 48.0 Å². The van der Waals surface area contributed by atoms with Crippen LogP contribution in [0.25, 0.3) is 20.2 Å². The molecule has 1 N–H and O–H groups in total. The summed E-state index contributed by atoms with van der Waals surface area (Å²) in [7, 11) is 0. The number of carbonyl (C=O) groups is 2. The zero-order chi connectivity index (χ0) is 18.8. The molecular formula is C20H20N2O3S2. The van der Waals surface area contributed by atoms with E-state index in [0.717, 1.165) is 5.75 Å². The van der Waals surface area contributed by atoms with Gasteiger partial charge in [0, 0.05) is 52.1 Å². The molecule has 0 radical (unpaired) electrons. The molecule has 0 aliphatic carbocycles. The Bertz CT molecular complexity index is 993. The molecule has 0 unspecified atom stereocenters. The number of hydrogen-bond acceptors (Lipinski definition) is 4. The zero-order valence-corrected chi connectivity index (χ0v) is 16.4. The van der Waals surface area contributed by atoms with Crippen molar-refractivity contribution in [1.82, 2.24) is 9.80 Å². The van der Waals surface area contributed by atoms with Gasteiger partial charge in [0.05, 0.1) is 5.75 Å². The lowest BCUT2D eigenvalue weighted by atomic mass is 10.1. The summed E-state index contributed by atoms with van der Waals surface area (Å²) in [6.07, 6.45) is -0.909. The van der Waals surface area contributed by atoms with E-state index < -0.39 is 6.09 Å². The molecular weight excluding hydrogens is 380 g/mol. The average molecular weight is 401 g/mol. The molecule has 5 nitrogen and oxygen atoms in total. The van der Waals surface area contributed by atoms with Crippen LogP contribution in [0.1, 0.15) is 5.56 Å². The second-order valence-corrected chi connectivity index (χ2v) is 8.64. The largest absolute Gasteiger partial charge is 0.465 e. The van der Waals surface area contributed by atoms with Crippen molar-refractivity contribution in [3.63, 3.8) is 0 Å². The Morgan fingerprint density at radius 2 is 1.67 bits per heavy atom. The highest BCUT2D eigenvalue weighted by Crippen LogP contribution is 2.34. The van der Waals surface area contributed by atoms with Gasteiger partial charge in [0.15, 0.2) is 0 Å². The number of rotatable bonds is 4. The number of piperazine rings is 1. The van der Waals surface area contributed by atoms with Gasteiger partial charge in [0.1, 0.15) is 0 Å². The first-order chi connectivity index (χ1) is 13.1. The van der Waals surface area contributed by atoms with Gasteiger partial charge in [0.2, 0.25) is 5.91 Å². The fourth-order valence-electron chi connectivity index (χ4n) is 3.36. The van der Waals surface area contributed by atoms with Gasteiger partial charge in [-0.15, -0.1) is 23.1 Å². The number of amides is 2. The molecule has 3 aromatic rings. The molecule has 140 valence electrons. The van der Waals surface area contributed by atoms with Crippen molar-refractivity contribution >= 4 is 55.3 Å². The molecule has 0 saturated carbocycles. The number of thiophene rings is 1. The third kappa shape index (κ3) is 3.89. The van der Waals surface area contributed by atoms with Gasteiger partial charge in [-0.05, 0) is 23.8 Å². The molecule has 2 heterocycles. The highest BCUT2D eigenvalue weighted by molar-refractivity contribution is 7.99. The number of nitrogens with zero attached hydrogens (tertiary/aromatic N) is 2. The lowest BCUT2D eigenvalue weighted by molar-refractivity contribution is -0.129. The van der Waals surface area contributed by atoms with Crippen molar-refractivity contribution in [2.24, 2.45) is 0 Å². The summed E-state index contributed by atoms with van der Waals surface area (Å²) in [4.78, 5) is 26.4. The topological polar surface area (TPSA) is 60.9 Å². The van der Waals surface area contributed by atoms with Gasteiger partial charge in [-0.3, -0.25) is 4.79 Å². The smallest absolute Gasteiger partial charge is 0.407 e. The minimum absolute atomic E-state index is 0.0899. The molecule has 1 saturated heterocycles. The van der Waals surface area contributed by atoms with E-state index in [-0.39, 0.29) is 5.91 Å². The third-order valence-corrected chi connectivity index (χ3v) is 6.98. The van der Waals surface area contributed by atoms with Crippen LogP contribution in [0.4, 0.5) is 4.79 Å². The van der Waals surface area contributed by atoms with E-state index in [9.17, 15) is 9.59 Å². The van der Waals surface area contributed by atoms with Crippen LogP contribution in [0, 0.1) is 0 Å². The van der Waals surface area contributed by atoms with Crippen LogP contribution in [0.3, 0.4) is 0 Å². The van der Waals surface area contributed by atoms with Crippen LogP contribution in [-0.4, -0.2) is 58.8 Å². The molecule has 0 bridgehead atoms. The monoisotopic (exact) mass is 400 g/mol. The summed E-state index contributed by atoms with van der Waals surface area (Å²) in [6.45, 7) is 1.76. The van der Waals surface area contributed by atoms with Gasteiger partial charge < -0.3 is 14.9 Å². The van der Waals surface area contributed by atoms with E-state index in [0.29, 0.717) is 31.9 Å². The Balaban J connectivity index is 1.34. The molecule has 1 aromatic heterocycles. The minimum Gasteiger partial charge on any atom is -0.465 e. The van der Waals surface area contributed by atoms with Gasteiger partial charge in [0.25, 0.3) is 0 Å². The molecule has 2 amide bonds. The summed E-state index contributed by atoms with van der Waals surface area (Å²) in [6, 6.07) is 15.0. The molecule has 1 aliphatic heterocycles. The summed E-state index contributed by atoms with van der Waals surface area (Å²) < 4.78 is 2.59. The fraction of sp³-hybridized carbons (Fsp3) is 0.300. The fourth-order valence-corrected chi connectivity index (χ4v) is 5.32. The maximum Gasteiger partial charge on any atom is 0.407 e. The maximum absolute atomic E-state index is 12.4. The predicted octanol–water partition coefficient (Wildman–Crippen LogP) is 4.11. The van der Waals surface area contributed by atoms with E-state index in [4.69, 9.17) is 5.11 Å². The summed E-state index contributed by atoms with van der Waals surface area (Å²) in [5.41, 5.74) is 1.22. The Kier molecular flexibility index (Phi) is 5.22. The Morgan fingerprint density at radius 1 is 0.963 bits per heavy atom. The van der Waals surface area contributed by atoms with Gasteiger partial charge in [-0.1, -0.05) is 24.3 Å². The van der Waals surface area contributed by atoms with Gasteiger partial charge >= 0.3 is 6.09 Å². The normalized spacial score (nSPS) is 14.8. The van der Waals surface area contributed by atoms with Crippen molar-refractivity contribution in [1.29, 1.82) is 0 Å². The van der Waals surface area contributed by atoms with Crippen molar-refractivity contribution in [2.75, 3.05) is 31.9 Å². The highest BCUT2D eigenvalue weighted by Gasteiger charge is 2.23. The quantitative estimate of drug-likeness (QED) is 0.716. The van der Waals surface area contributed by atoms with Crippen molar-refractivity contribution < 1.29 is 14.7 Å². The Labute approximate surface area is 165 Å².